The number of ether oxygens (including phenoxy) is 1. The van der Waals surface area contributed by atoms with Crippen molar-refractivity contribution < 1.29 is 14.3 Å². The number of halogens is 1. The fourth-order valence-electron chi connectivity index (χ4n) is 3.68. The number of amides is 3. The van der Waals surface area contributed by atoms with Gasteiger partial charge in [0.05, 0.1) is 12.1 Å². The Kier molecular flexibility index (Phi) is 8.03. The minimum atomic E-state index is -0.186. The van der Waals surface area contributed by atoms with E-state index < -0.39 is 0 Å². The third kappa shape index (κ3) is 6.71. The highest BCUT2D eigenvalue weighted by Gasteiger charge is 2.23. The van der Waals surface area contributed by atoms with Crippen molar-refractivity contribution >= 4 is 40.6 Å². The van der Waals surface area contributed by atoms with Gasteiger partial charge in [-0.05, 0) is 43.7 Å². The monoisotopic (exact) mass is 498 g/mol. The number of thiazole rings is 1. The maximum atomic E-state index is 12.9. The zero-order chi connectivity index (χ0) is 23.9. The van der Waals surface area contributed by atoms with Crippen LogP contribution in [0.25, 0.3) is 0 Å². The van der Waals surface area contributed by atoms with E-state index in [0.717, 1.165) is 22.9 Å². The summed E-state index contributed by atoms with van der Waals surface area (Å²) >= 11 is 7.49. The molecule has 0 bridgehead atoms. The van der Waals surface area contributed by atoms with E-state index in [1.165, 1.54) is 16.9 Å². The van der Waals surface area contributed by atoms with Crippen LogP contribution in [0, 0.1) is 6.92 Å². The molecular formula is C25H27ClN4O3S. The summed E-state index contributed by atoms with van der Waals surface area (Å²) in [4.78, 5) is 33.6. The van der Waals surface area contributed by atoms with Gasteiger partial charge in [0.15, 0.2) is 0 Å². The Hall–Kier alpha value is -3.10. The molecule has 1 N–H and O–H groups in total. The van der Waals surface area contributed by atoms with Crippen LogP contribution < -0.4 is 10.1 Å². The molecule has 0 atom stereocenters. The van der Waals surface area contributed by atoms with Gasteiger partial charge in [0.25, 0.3) is 0 Å². The summed E-state index contributed by atoms with van der Waals surface area (Å²) in [5.74, 6) is 0.820. The Bertz CT molecular complexity index is 1140. The first-order valence-electron chi connectivity index (χ1n) is 11.2. The number of benzene rings is 2. The molecule has 3 aromatic rings. The average Bonchev–Trinajstić information content (AvgIpc) is 3.11. The van der Waals surface area contributed by atoms with Crippen LogP contribution in [0.5, 0.6) is 5.75 Å². The minimum Gasteiger partial charge on any atom is -0.486 e. The van der Waals surface area contributed by atoms with Crippen LogP contribution in [0.1, 0.15) is 22.7 Å². The van der Waals surface area contributed by atoms with Gasteiger partial charge in [-0.25, -0.2) is 9.78 Å². The molecule has 4 rings (SSSR count). The molecule has 1 fully saturated rings. The first-order valence-corrected chi connectivity index (χ1v) is 12.4. The number of hydrogen-bond acceptors (Lipinski definition) is 5. The topological polar surface area (TPSA) is 74.8 Å². The molecule has 7 nitrogen and oxygen atoms in total. The molecule has 178 valence electrons. The number of anilines is 1. The summed E-state index contributed by atoms with van der Waals surface area (Å²) in [6.45, 7) is 4.59. The van der Waals surface area contributed by atoms with E-state index in [0.29, 0.717) is 43.5 Å². The molecule has 1 saturated heterocycles. The lowest BCUT2D eigenvalue weighted by Crippen LogP contribution is -2.39. The number of nitrogens with zero attached hydrogens (tertiary/aromatic N) is 3. The Balaban J connectivity index is 1.25. The van der Waals surface area contributed by atoms with Gasteiger partial charge < -0.3 is 19.9 Å². The summed E-state index contributed by atoms with van der Waals surface area (Å²) in [5.41, 5.74) is 2.58. The largest absolute Gasteiger partial charge is 0.486 e. The van der Waals surface area contributed by atoms with Crippen LogP contribution >= 0.6 is 22.9 Å². The van der Waals surface area contributed by atoms with Crippen LogP contribution in [0.4, 0.5) is 10.5 Å². The lowest BCUT2D eigenvalue weighted by atomic mass is 10.2. The number of carbonyl (C=O) groups is 2. The molecule has 0 aliphatic carbocycles. The summed E-state index contributed by atoms with van der Waals surface area (Å²) in [6, 6.07) is 14.8. The van der Waals surface area contributed by atoms with Crippen molar-refractivity contribution in [1.82, 2.24) is 14.8 Å². The predicted molar refractivity (Wildman–Crippen MR) is 135 cm³/mol. The van der Waals surface area contributed by atoms with Gasteiger partial charge in [0.1, 0.15) is 17.4 Å². The van der Waals surface area contributed by atoms with Crippen LogP contribution in [0.15, 0.2) is 53.9 Å². The van der Waals surface area contributed by atoms with Crippen molar-refractivity contribution in [2.45, 2.75) is 26.4 Å². The molecule has 0 unspecified atom stereocenters. The fraction of sp³-hybridized carbons (Fsp3) is 0.320. The third-order valence-electron chi connectivity index (χ3n) is 5.53. The molecule has 0 spiro atoms. The molecule has 9 heteroatoms. The fourth-order valence-corrected chi connectivity index (χ4v) is 4.58. The molecule has 34 heavy (non-hydrogen) atoms. The van der Waals surface area contributed by atoms with Crippen LogP contribution in [-0.2, 0) is 17.8 Å². The molecule has 0 saturated carbocycles. The number of nitrogens with one attached hydrogen (secondary N) is 1. The highest BCUT2D eigenvalue weighted by atomic mass is 35.5. The van der Waals surface area contributed by atoms with Crippen molar-refractivity contribution in [1.29, 1.82) is 0 Å². The van der Waals surface area contributed by atoms with Crippen LogP contribution in [0.3, 0.4) is 0 Å². The van der Waals surface area contributed by atoms with Gasteiger partial charge in [0, 0.05) is 42.3 Å². The first-order chi connectivity index (χ1) is 16.5. The van der Waals surface area contributed by atoms with Gasteiger partial charge in [-0.1, -0.05) is 35.4 Å². The zero-order valence-electron chi connectivity index (χ0n) is 19.0. The van der Waals surface area contributed by atoms with Crippen molar-refractivity contribution in [2.75, 3.05) is 31.5 Å². The van der Waals surface area contributed by atoms with E-state index in [2.05, 4.69) is 10.3 Å². The van der Waals surface area contributed by atoms with Gasteiger partial charge in [0.2, 0.25) is 5.91 Å². The summed E-state index contributed by atoms with van der Waals surface area (Å²) in [6.07, 6.45) is 0.969. The van der Waals surface area contributed by atoms with Crippen molar-refractivity contribution in [3.63, 3.8) is 0 Å². The lowest BCUT2D eigenvalue weighted by molar-refractivity contribution is -0.130. The quantitative estimate of drug-likeness (QED) is 0.519. The molecular weight excluding hydrogens is 472 g/mol. The number of hydrogen-bond donors (Lipinski definition) is 1. The van der Waals surface area contributed by atoms with Gasteiger partial charge in [-0.3, -0.25) is 4.79 Å². The van der Waals surface area contributed by atoms with Crippen LogP contribution in [0.2, 0.25) is 5.02 Å². The second kappa shape index (κ2) is 11.4. The van der Waals surface area contributed by atoms with E-state index in [4.69, 9.17) is 16.3 Å². The van der Waals surface area contributed by atoms with Crippen molar-refractivity contribution in [3.05, 3.63) is 75.2 Å². The lowest BCUT2D eigenvalue weighted by Gasteiger charge is -2.22. The smallest absolute Gasteiger partial charge is 0.321 e. The Morgan fingerprint density at radius 3 is 2.65 bits per heavy atom. The summed E-state index contributed by atoms with van der Waals surface area (Å²) in [5, 5.41) is 6.19. The summed E-state index contributed by atoms with van der Waals surface area (Å²) < 4.78 is 5.78. The molecule has 2 aromatic carbocycles. The Morgan fingerprint density at radius 2 is 1.85 bits per heavy atom. The molecule has 1 aliphatic rings. The molecule has 1 aromatic heterocycles. The number of aromatic nitrogens is 1. The summed E-state index contributed by atoms with van der Waals surface area (Å²) in [7, 11) is 0. The number of aryl methyl sites for hydroxylation is 1. The highest BCUT2D eigenvalue weighted by Crippen LogP contribution is 2.18. The average molecular weight is 499 g/mol. The second-order valence-corrected chi connectivity index (χ2v) is 9.55. The third-order valence-corrected chi connectivity index (χ3v) is 6.63. The Morgan fingerprint density at radius 1 is 1.09 bits per heavy atom. The Labute approximate surface area is 208 Å². The van der Waals surface area contributed by atoms with Gasteiger partial charge >= 0.3 is 6.03 Å². The van der Waals surface area contributed by atoms with E-state index >= 15 is 0 Å². The van der Waals surface area contributed by atoms with E-state index in [9.17, 15) is 9.59 Å². The number of carbonyl (C=O) groups excluding carboxylic acids is 2. The molecule has 1 aliphatic heterocycles. The standard InChI is InChI=1S/C25H27ClN4O3S/c1-18-6-8-22(9-7-18)33-16-23-27-21(17-34-23)15-24(31)29-10-3-11-30(13-12-29)25(32)28-20-5-2-4-19(26)14-20/h2,4-9,14,17H,3,10-13,15-16H2,1H3,(H,28,32). The SMILES string of the molecule is Cc1ccc(OCc2nc(CC(=O)N3CCCN(C(=O)Nc4cccc(Cl)c4)CC3)cs2)cc1. The maximum Gasteiger partial charge on any atom is 0.321 e. The van der Waals surface area contributed by atoms with E-state index in [1.54, 1.807) is 29.2 Å². The van der Waals surface area contributed by atoms with Crippen LogP contribution in [-0.4, -0.2) is 52.9 Å². The van der Waals surface area contributed by atoms with Gasteiger partial charge in [-0.15, -0.1) is 11.3 Å². The van der Waals surface area contributed by atoms with Crippen molar-refractivity contribution in [3.8, 4) is 5.75 Å². The van der Waals surface area contributed by atoms with Crippen molar-refractivity contribution in [2.24, 2.45) is 0 Å². The molecule has 0 radical (unpaired) electrons. The number of rotatable bonds is 6. The van der Waals surface area contributed by atoms with E-state index in [1.807, 2.05) is 41.5 Å². The zero-order valence-corrected chi connectivity index (χ0v) is 20.6. The molecule has 3 amide bonds. The second-order valence-electron chi connectivity index (χ2n) is 8.17. The maximum absolute atomic E-state index is 12.9. The first kappa shape index (κ1) is 24.0. The minimum absolute atomic E-state index is 0.0217. The normalized spacial score (nSPS) is 13.9. The van der Waals surface area contributed by atoms with E-state index in [-0.39, 0.29) is 18.4 Å². The number of urea groups is 1. The van der Waals surface area contributed by atoms with Gasteiger partial charge in [-0.2, -0.15) is 0 Å². The predicted octanol–water partition coefficient (Wildman–Crippen LogP) is 4.99. The highest BCUT2D eigenvalue weighted by molar-refractivity contribution is 7.09. The molecule has 2 heterocycles.